The molecule has 0 heterocycles. The van der Waals surface area contributed by atoms with Crippen LogP contribution in [0.1, 0.15) is 34.1 Å². The summed E-state index contributed by atoms with van der Waals surface area (Å²) in [6.45, 7) is 7.79. The van der Waals surface area contributed by atoms with Crippen molar-refractivity contribution in [2.75, 3.05) is 13.2 Å². The summed E-state index contributed by atoms with van der Waals surface area (Å²) < 4.78 is 19.2. The average molecular weight is 224 g/mol. The van der Waals surface area contributed by atoms with Gasteiger partial charge in [-0.15, -0.1) is 0 Å². The summed E-state index contributed by atoms with van der Waals surface area (Å²) in [6, 6.07) is 0. The lowest BCUT2D eigenvalue weighted by Gasteiger charge is -2.07. The molecule has 0 saturated heterocycles. The highest BCUT2D eigenvalue weighted by Crippen LogP contribution is 2.42. The van der Waals surface area contributed by atoms with E-state index in [0.29, 0.717) is 0 Å². The zero-order valence-electron chi connectivity index (χ0n) is 9.40. The van der Waals surface area contributed by atoms with Gasteiger partial charge < -0.3 is 4.89 Å². The first kappa shape index (κ1) is 16.3. The fourth-order valence-electron chi connectivity index (χ4n) is 0.599. The van der Waals surface area contributed by atoms with Gasteiger partial charge in [-0.25, -0.2) is 4.57 Å². The Morgan fingerprint density at radius 2 is 1.64 bits per heavy atom. The lowest BCUT2D eigenvalue weighted by molar-refractivity contribution is 0.161. The van der Waals surface area contributed by atoms with Crippen LogP contribution in [0.3, 0.4) is 0 Å². The first-order valence-corrected chi connectivity index (χ1v) is 6.26. The molecular formula is C9H21O4P. The lowest BCUT2D eigenvalue weighted by atomic mass is 10.4. The van der Waals surface area contributed by atoms with Crippen LogP contribution in [0.4, 0.5) is 0 Å². The van der Waals surface area contributed by atoms with Gasteiger partial charge in [0.1, 0.15) is 0 Å². The lowest BCUT2D eigenvalue weighted by Crippen LogP contribution is -1.93. The molecule has 86 valence electrons. The van der Waals surface area contributed by atoms with E-state index in [1.807, 2.05) is 6.92 Å². The minimum atomic E-state index is -3.69. The summed E-state index contributed by atoms with van der Waals surface area (Å²) in [6.07, 6.45) is 5.34. The molecule has 0 spiro atoms. The third kappa shape index (κ3) is 14.4. The quantitative estimate of drug-likeness (QED) is 0.575. The van der Waals surface area contributed by atoms with Crippen LogP contribution in [0.2, 0.25) is 0 Å². The van der Waals surface area contributed by atoms with Crippen LogP contribution < -0.4 is 0 Å². The molecule has 0 rings (SSSR count). The molecule has 0 aliphatic heterocycles. The van der Waals surface area contributed by atoms with Crippen molar-refractivity contribution in [3.63, 3.8) is 0 Å². The van der Waals surface area contributed by atoms with Crippen LogP contribution in [0, 0.1) is 0 Å². The summed E-state index contributed by atoms with van der Waals surface area (Å²) in [7, 11) is -3.69. The first-order chi connectivity index (χ1) is 6.54. The zero-order valence-corrected chi connectivity index (χ0v) is 10.3. The molecule has 4 nitrogen and oxygen atoms in total. The van der Waals surface area contributed by atoms with Crippen LogP contribution in [0.25, 0.3) is 0 Å². The Morgan fingerprint density at radius 1 is 1.21 bits per heavy atom. The molecule has 0 aromatic rings. The van der Waals surface area contributed by atoms with Gasteiger partial charge in [-0.05, 0) is 27.2 Å². The number of phosphoric ester groups is 1. The number of rotatable bonds is 5. The predicted octanol–water partition coefficient (Wildman–Crippen LogP) is 3.13. The standard InChI is InChI=1S/C5H10.C4H11O4P/c1-3-5-4-2;1-3-7-9(5,6)8-4-2/h3,5H,4H2,1-2H3;3-4H2,1-2H3,(H,5,6). The van der Waals surface area contributed by atoms with E-state index in [1.54, 1.807) is 13.8 Å². The van der Waals surface area contributed by atoms with Gasteiger partial charge in [0, 0.05) is 0 Å². The van der Waals surface area contributed by atoms with Crippen molar-refractivity contribution < 1.29 is 18.5 Å². The van der Waals surface area contributed by atoms with E-state index in [1.165, 1.54) is 0 Å². The molecule has 0 aliphatic carbocycles. The van der Waals surface area contributed by atoms with E-state index in [-0.39, 0.29) is 13.2 Å². The molecular weight excluding hydrogens is 203 g/mol. The van der Waals surface area contributed by atoms with E-state index >= 15 is 0 Å². The third-order valence-corrected chi connectivity index (χ3v) is 2.22. The Morgan fingerprint density at radius 3 is 1.79 bits per heavy atom. The average Bonchev–Trinajstić information content (AvgIpc) is 2.06. The molecule has 0 amide bonds. The minimum Gasteiger partial charge on any atom is -0.302 e. The van der Waals surface area contributed by atoms with Crippen molar-refractivity contribution in [2.24, 2.45) is 0 Å². The number of hydrogen-bond donors (Lipinski definition) is 1. The van der Waals surface area contributed by atoms with E-state index in [4.69, 9.17) is 4.89 Å². The maximum absolute atomic E-state index is 10.5. The first-order valence-electron chi connectivity index (χ1n) is 4.77. The van der Waals surface area contributed by atoms with Crippen molar-refractivity contribution in [2.45, 2.75) is 34.1 Å². The van der Waals surface area contributed by atoms with Crippen LogP contribution in [0.5, 0.6) is 0 Å². The largest absolute Gasteiger partial charge is 0.472 e. The van der Waals surface area contributed by atoms with Crippen molar-refractivity contribution in [3.8, 4) is 0 Å². The molecule has 0 saturated carbocycles. The van der Waals surface area contributed by atoms with Gasteiger partial charge in [-0.3, -0.25) is 9.05 Å². The Balaban J connectivity index is 0. The summed E-state index contributed by atoms with van der Waals surface area (Å²) in [5, 5.41) is 0. The van der Waals surface area contributed by atoms with Crippen LogP contribution in [-0.2, 0) is 13.6 Å². The molecule has 0 atom stereocenters. The summed E-state index contributed by atoms with van der Waals surface area (Å²) >= 11 is 0. The molecule has 0 unspecified atom stereocenters. The SMILES string of the molecule is CC=CCC.CCOP(=O)(O)OCC. The second kappa shape index (κ2) is 10.9. The number of hydrogen-bond acceptors (Lipinski definition) is 3. The molecule has 0 aromatic heterocycles. The van der Waals surface area contributed by atoms with Gasteiger partial charge in [-0.2, -0.15) is 0 Å². The van der Waals surface area contributed by atoms with Gasteiger partial charge in [0.15, 0.2) is 0 Å². The fourth-order valence-corrected chi connectivity index (χ4v) is 1.33. The smallest absolute Gasteiger partial charge is 0.302 e. The Hall–Kier alpha value is -0.150. The predicted molar refractivity (Wildman–Crippen MR) is 58.2 cm³/mol. The monoisotopic (exact) mass is 224 g/mol. The van der Waals surface area contributed by atoms with Crippen molar-refractivity contribution in [1.29, 1.82) is 0 Å². The highest BCUT2D eigenvalue weighted by molar-refractivity contribution is 7.47. The number of allylic oxidation sites excluding steroid dienone is 2. The van der Waals surface area contributed by atoms with Crippen LogP contribution >= 0.6 is 7.82 Å². The third-order valence-electron chi connectivity index (χ3n) is 1.06. The summed E-state index contributed by atoms with van der Waals surface area (Å²) in [4.78, 5) is 8.63. The molecule has 14 heavy (non-hydrogen) atoms. The Kier molecular flexibility index (Phi) is 12.7. The normalized spacial score (nSPS) is 11.2. The molecule has 0 bridgehead atoms. The van der Waals surface area contributed by atoms with Crippen LogP contribution in [-0.4, -0.2) is 18.1 Å². The molecule has 1 N–H and O–H groups in total. The second-order valence-electron chi connectivity index (χ2n) is 2.28. The maximum atomic E-state index is 10.5. The highest BCUT2D eigenvalue weighted by atomic mass is 31.2. The molecule has 5 heteroatoms. The maximum Gasteiger partial charge on any atom is 0.472 e. The van der Waals surface area contributed by atoms with E-state index in [9.17, 15) is 4.57 Å². The van der Waals surface area contributed by atoms with Gasteiger partial charge in [0.25, 0.3) is 0 Å². The fraction of sp³-hybridized carbons (Fsp3) is 0.778. The van der Waals surface area contributed by atoms with Crippen molar-refractivity contribution in [3.05, 3.63) is 12.2 Å². The van der Waals surface area contributed by atoms with E-state index in [2.05, 4.69) is 28.1 Å². The summed E-state index contributed by atoms with van der Waals surface area (Å²) in [5.41, 5.74) is 0. The van der Waals surface area contributed by atoms with Gasteiger partial charge >= 0.3 is 7.82 Å². The molecule has 0 radical (unpaired) electrons. The van der Waals surface area contributed by atoms with Gasteiger partial charge in [0.2, 0.25) is 0 Å². The van der Waals surface area contributed by atoms with E-state index < -0.39 is 7.82 Å². The Labute approximate surface area is 86.5 Å². The van der Waals surface area contributed by atoms with Crippen LogP contribution in [0.15, 0.2) is 12.2 Å². The van der Waals surface area contributed by atoms with Gasteiger partial charge in [0.05, 0.1) is 13.2 Å². The molecule has 0 aromatic carbocycles. The number of phosphoric acid groups is 1. The van der Waals surface area contributed by atoms with E-state index in [0.717, 1.165) is 6.42 Å². The van der Waals surface area contributed by atoms with Crippen molar-refractivity contribution in [1.82, 2.24) is 0 Å². The zero-order chi connectivity index (χ0) is 11.4. The van der Waals surface area contributed by atoms with Crippen molar-refractivity contribution >= 4 is 7.82 Å². The topological polar surface area (TPSA) is 55.8 Å². The molecule has 0 aliphatic rings. The summed E-state index contributed by atoms with van der Waals surface area (Å²) in [5.74, 6) is 0. The Bertz CT molecular complexity index is 170. The highest BCUT2D eigenvalue weighted by Gasteiger charge is 2.17. The molecule has 0 fully saturated rings. The second-order valence-corrected chi connectivity index (χ2v) is 3.73. The minimum absolute atomic E-state index is 0.188. The van der Waals surface area contributed by atoms with Gasteiger partial charge in [-0.1, -0.05) is 19.1 Å².